The monoisotopic (exact) mass is 291 g/mol. The Labute approximate surface area is 82.3 Å². The number of halogens is 3. The number of alkyl halides is 3. The van der Waals surface area contributed by atoms with Crippen LogP contribution in [0.5, 0.6) is 0 Å². The van der Waals surface area contributed by atoms with Gasteiger partial charge in [0.15, 0.2) is 0 Å². The molecule has 0 atom stereocenters. The first kappa shape index (κ1) is 12.7. The molecular formula is CHF3O3PrS. The first-order valence-electron chi connectivity index (χ1n) is 1.29. The van der Waals surface area contributed by atoms with Gasteiger partial charge in [-0.15, -0.1) is 0 Å². The molecule has 0 spiro atoms. The van der Waals surface area contributed by atoms with Crippen molar-refractivity contribution in [1.82, 2.24) is 0 Å². The third-order valence-electron chi connectivity index (χ3n) is 0.292. The molecule has 53 valence electrons. The molecule has 0 saturated heterocycles. The maximum absolute atomic E-state index is 10.7. The molecule has 0 aliphatic rings. The normalized spacial score (nSPS) is 12.4. The van der Waals surface area contributed by atoms with Gasteiger partial charge < -0.3 is 0 Å². The molecule has 1 N–H and O–H groups in total. The Hall–Kier alpha value is 1.06. The molecule has 0 rings (SSSR count). The first-order chi connectivity index (χ1) is 3.25. The molecule has 0 bridgehead atoms. The Morgan fingerprint density at radius 1 is 1.22 bits per heavy atom. The molecule has 0 amide bonds. The topological polar surface area (TPSA) is 54.4 Å². The van der Waals surface area contributed by atoms with Gasteiger partial charge in [0.05, 0.1) is 0 Å². The van der Waals surface area contributed by atoms with E-state index in [-0.39, 0.29) is 41.3 Å². The average molecular weight is 291 g/mol. The molecule has 0 aliphatic carbocycles. The van der Waals surface area contributed by atoms with E-state index in [0.29, 0.717) is 0 Å². The van der Waals surface area contributed by atoms with E-state index in [4.69, 9.17) is 13.0 Å². The molecule has 0 aromatic carbocycles. The quantitative estimate of drug-likeness (QED) is 0.519. The third kappa shape index (κ3) is 4.47. The minimum atomic E-state index is -5.84. The molecule has 0 saturated carbocycles. The first-order valence-corrected chi connectivity index (χ1v) is 2.73. The zero-order chi connectivity index (χ0) is 7.00. The summed E-state index contributed by atoms with van der Waals surface area (Å²) in [5.41, 5.74) is -5.53. The number of hydrogen-bond donors (Lipinski definition) is 1. The zero-order valence-electron chi connectivity index (χ0n) is 3.88. The zero-order valence-corrected chi connectivity index (χ0v) is 8.40. The minimum Gasteiger partial charge on any atom is -0.279 e. The van der Waals surface area contributed by atoms with Crippen LogP contribution in [0.15, 0.2) is 0 Å². The summed E-state index contributed by atoms with van der Waals surface area (Å²) in [7, 11) is -5.84. The SMILES string of the molecule is O=S(=O)(O)C(F)(F)F.[Pr]. The molecule has 8 heteroatoms. The van der Waals surface area contributed by atoms with E-state index in [1.165, 1.54) is 0 Å². The second-order valence-corrected chi connectivity index (χ2v) is 2.33. The van der Waals surface area contributed by atoms with E-state index >= 15 is 0 Å². The molecule has 0 heterocycles. The molecule has 1 radical (unpaired) electrons. The smallest absolute Gasteiger partial charge is 0.279 e. The summed E-state index contributed by atoms with van der Waals surface area (Å²) in [5, 5.41) is 0. The van der Waals surface area contributed by atoms with Gasteiger partial charge in [-0.2, -0.15) is 21.6 Å². The van der Waals surface area contributed by atoms with E-state index in [2.05, 4.69) is 0 Å². The minimum absolute atomic E-state index is 0. The summed E-state index contributed by atoms with van der Waals surface area (Å²) in [5.74, 6) is 0. The Morgan fingerprint density at radius 2 is 1.33 bits per heavy atom. The van der Waals surface area contributed by atoms with E-state index in [0.717, 1.165) is 0 Å². The molecule has 0 aromatic heterocycles. The standard InChI is InChI=1S/CHF3O3S.Pr/c2-1(3,4)8(5,6)7;/h(H,5,6,7);. The van der Waals surface area contributed by atoms with Crippen molar-refractivity contribution in [2.45, 2.75) is 5.51 Å². The van der Waals surface area contributed by atoms with Crippen LogP contribution in [0, 0.1) is 41.3 Å². The van der Waals surface area contributed by atoms with Crippen molar-refractivity contribution in [2.24, 2.45) is 0 Å². The second kappa shape index (κ2) is 3.45. The number of hydrogen-bond acceptors (Lipinski definition) is 2. The van der Waals surface area contributed by atoms with Gasteiger partial charge in [0, 0.05) is 41.3 Å². The van der Waals surface area contributed by atoms with Gasteiger partial charge in [-0.3, -0.25) is 4.55 Å². The summed E-state index contributed by atoms with van der Waals surface area (Å²) >= 11 is 0. The largest absolute Gasteiger partial charge is 0.522 e. The van der Waals surface area contributed by atoms with Crippen molar-refractivity contribution in [3.05, 3.63) is 0 Å². The van der Waals surface area contributed by atoms with Gasteiger partial charge in [-0.05, 0) is 0 Å². The second-order valence-electron chi connectivity index (χ2n) is 0.921. The summed E-state index contributed by atoms with van der Waals surface area (Å²) in [6.45, 7) is 0. The molecule has 0 aromatic rings. The summed E-state index contributed by atoms with van der Waals surface area (Å²) in [6, 6.07) is 0. The predicted octanol–water partition coefficient (Wildman–Crippen LogP) is 0.394. The van der Waals surface area contributed by atoms with Crippen LogP contribution in [0.1, 0.15) is 0 Å². The van der Waals surface area contributed by atoms with Crippen molar-refractivity contribution in [3.63, 3.8) is 0 Å². The van der Waals surface area contributed by atoms with E-state index < -0.39 is 15.6 Å². The molecule has 0 fully saturated rings. The Bertz CT molecular complexity index is 168. The Kier molecular flexibility index (Phi) is 4.88. The molecule has 9 heavy (non-hydrogen) atoms. The fourth-order valence-corrected chi connectivity index (χ4v) is 0. The molecule has 0 aliphatic heterocycles. The predicted molar refractivity (Wildman–Crippen MR) is 17.6 cm³/mol. The van der Waals surface area contributed by atoms with Crippen molar-refractivity contribution >= 4 is 10.1 Å². The molecular weight excluding hydrogens is 290 g/mol. The van der Waals surface area contributed by atoms with E-state index in [1.807, 2.05) is 0 Å². The van der Waals surface area contributed by atoms with Gasteiger partial charge in [0.1, 0.15) is 0 Å². The molecule has 0 unspecified atom stereocenters. The average Bonchev–Trinajstić information content (AvgIpc) is 1.25. The van der Waals surface area contributed by atoms with Crippen molar-refractivity contribution in [3.8, 4) is 0 Å². The van der Waals surface area contributed by atoms with Crippen LogP contribution in [-0.2, 0) is 10.1 Å². The summed E-state index contributed by atoms with van der Waals surface area (Å²) in [4.78, 5) is 0. The molecule has 3 nitrogen and oxygen atoms in total. The van der Waals surface area contributed by atoms with Gasteiger partial charge in [-0.1, -0.05) is 0 Å². The van der Waals surface area contributed by atoms with Crippen LogP contribution in [0.25, 0.3) is 0 Å². The van der Waals surface area contributed by atoms with Crippen LogP contribution < -0.4 is 0 Å². The van der Waals surface area contributed by atoms with Crippen LogP contribution in [0.3, 0.4) is 0 Å². The summed E-state index contributed by atoms with van der Waals surface area (Å²) < 4.78 is 57.5. The maximum Gasteiger partial charge on any atom is 0.522 e. The Morgan fingerprint density at radius 3 is 1.33 bits per heavy atom. The van der Waals surface area contributed by atoms with Crippen molar-refractivity contribution in [1.29, 1.82) is 0 Å². The van der Waals surface area contributed by atoms with Crippen molar-refractivity contribution in [2.75, 3.05) is 0 Å². The van der Waals surface area contributed by atoms with Crippen LogP contribution in [0.4, 0.5) is 13.2 Å². The van der Waals surface area contributed by atoms with Crippen LogP contribution in [-0.4, -0.2) is 18.5 Å². The van der Waals surface area contributed by atoms with Gasteiger partial charge in [0.25, 0.3) is 0 Å². The number of rotatable bonds is 0. The van der Waals surface area contributed by atoms with E-state index in [9.17, 15) is 13.2 Å². The maximum atomic E-state index is 10.7. The van der Waals surface area contributed by atoms with Gasteiger partial charge >= 0.3 is 15.6 Å². The van der Waals surface area contributed by atoms with Crippen molar-refractivity contribution < 1.29 is 67.4 Å². The fourth-order valence-electron chi connectivity index (χ4n) is 0. The van der Waals surface area contributed by atoms with Gasteiger partial charge in [0.2, 0.25) is 0 Å². The Balaban J connectivity index is 0. The van der Waals surface area contributed by atoms with Crippen LogP contribution >= 0.6 is 0 Å². The fraction of sp³-hybridized carbons (Fsp3) is 1.00. The van der Waals surface area contributed by atoms with Crippen LogP contribution in [0.2, 0.25) is 0 Å². The third-order valence-corrected chi connectivity index (χ3v) is 0.877. The van der Waals surface area contributed by atoms with E-state index in [1.54, 1.807) is 0 Å². The summed E-state index contributed by atoms with van der Waals surface area (Å²) in [6.07, 6.45) is 0. The van der Waals surface area contributed by atoms with Gasteiger partial charge in [-0.25, -0.2) is 0 Å².